The smallest absolute Gasteiger partial charge is 0.422 e. The van der Waals surface area contributed by atoms with Crippen molar-refractivity contribution >= 4 is 15.9 Å². The van der Waals surface area contributed by atoms with Crippen LogP contribution in [-0.4, -0.2) is 12.1 Å². The summed E-state index contributed by atoms with van der Waals surface area (Å²) in [6.45, 7) is 0. The van der Waals surface area contributed by atoms with Crippen molar-refractivity contribution in [2.24, 2.45) is 0 Å². The second kappa shape index (κ2) is 4.52. The van der Waals surface area contributed by atoms with Crippen LogP contribution >= 0.6 is 15.9 Å². The number of pyridine rings is 1. The number of rotatable bonds is 2. The maximum Gasteiger partial charge on any atom is 0.422 e. The second-order valence-corrected chi connectivity index (χ2v) is 3.56. The molecular weight excluding hydrogens is 301 g/mol. The van der Waals surface area contributed by atoms with Crippen LogP contribution in [0.15, 0.2) is 10.7 Å². The number of halogens is 6. The highest BCUT2D eigenvalue weighted by molar-refractivity contribution is 9.10. The molecule has 0 amide bonds. The van der Waals surface area contributed by atoms with Crippen LogP contribution in [0.3, 0.4) is 0 Å². The number of aromatic nitrogens is 1. The Labute approximate surface area is 95.6 Å². The predicted molar refractivity (Wildman–Crippen MR) is 48.4 cm³/mol. The molecule has 1 heterocycles. The first-order valence-corrected chi connectivity index (χ1v) is 4.66. The van der Waals surface area contributed by atoms with Gasteiger partial charge in [-0.1, -0.05) is 0 Å². The van der Waals surface area contributed by atoms with E-state index in [2.05, 4.69) is 25.7 Å². The summed E-state index contributed by atoms with van der Waals surface area (Å²) < 4.78 is 66.7. The Morgan fingerprint density at radius 1 is 1.38 bits per heavy atom. The number of hydrogen-bond acceptors (Lipinski definition) is 2. The molecule has 0 atom stereocenters. The Hall–Kier alpha value is -0.920. The van der Waals surface area contributed by atoms with Gasteiger partial charge in [0.2, 0.25) is 5.88 Å². The van der Waals surface area contributed by atoms with E-state index >= 15 is 0 Å². The first-order chi connectivity index (χ1) is 7.29. The van der Waals surface area contributed by atoms with Gasteiger partial charge in [-0.25, -0.2) is 13.8 Å². The molecule has 1 aromatic heterocycles. The van der Waals surface area contributed by atoms with Crippen molar-refractivity contribution in [1.82, 2.24) is 4.98 Å². The molecule has 8 heteroatoms. The van der Waals surface area contributed by atoms with Gasteiger partial charge in [-0.3, -0.25) is 0 Å². The standard InChI is InChI=1S/C8H5BrF5NO/c1-16-7-5(8(12,13)14)4(6(10)11)3(9)2-15-7/h2,6H,1H3. The van der Waals surface area contributed by atoms with Gasteiger partial charge in [0.1, 0.15) is 5.56 Å². The van der Waals surface area contributed by atoms with Crippen LogP contribution in [0.4, 0.5) is 22.0 Å². The molecule has 16 heavy (non-hydrogen) atoms. The lowest BCUT2D eigenvalue weighted by Gasteiger charge is -2.16. The molecule has 0 spiro atoms. The summed E-state index contributed by atoms with van der Waals surface area (Å²) in [6, 6.07) is 0. The monoisotopic (exact) mass is 305 g/mol. The minimum absolute atomic E-state index is 0.407. The fraction of sp³-hybridized carbons (Fsp3) is 0.375. The van der Waals surface area contributed by atoms with Crippen molar-refractivity contribution in [3.63, 3.8) is 0 Å². The lowest BCUT2D eigenvalue weighted by Crippen LogP contribution is -2.13. The Kier molecular flexibility index (Phi) is 3.72. The van der Waals surface area contributed by atoms with Gasteiger partial charge in [0.05, 0.1) is 12.7 Å². The van der Waals surface area contributed by atoms with Gasteiger partial charge < -0.3 is 4.74 Å². The number of ether oxygens (including phenoxy) is 1. The Morgan fingerprint density at radius 2 is 1.94 bits per heavy atom. The molecule has 0 aliphatic carbocycles. The summed E-state index contributed by atoms with van der Waals surface area (Å²) in [6.07, 6.45) is -7.38. The number of nitrogens with zero attached hydrogens (tertiary/aromatic N) is 1. The second-order valence-electron chi connectivity index (χ2n) is 2.70. The average molecular weight is 306 g/mol. The van der Waals surface area contributed by atoms with E-state index in [0.717, 1.165) is 13.3 Å². The molecule has 0 radical (unpaired) electrons. The molecule has 0 N–H and O–H groups in total. The van der Waals surface area contributed by atoms with Crippen molar-refractivity contribution in [3.8, 4) is 5.88 Å². The summed E-state index contributed by atoms with van der Waals surface area (Å²) in [5.74, 6) is -0.869. The van der Waals surface area contributed by atoms with E-state index in [1.165, 1.54) is 0 Å². The Morgan fingerprint density at radius 3 is 2.31 bits per heavy atom. The van der Waals surface area contributed by atoms with Crippen molar-refractivity contribution in [2.45, 2.75) is 12.6 Å². The van der Waals surface area contributed by atoms with Crippen molar-refractivity contribution in [3.05, 3.63) is 21.8 Å². The Balaban J connectivity index is 3.56. The summed E-state index contributed by atoms with van der Waals surface area (Å²) in [5.41, 5.74) is -2.72. The van der Waals surface area contributed by atoms with Crippen molar-refractivity contribution in [2.75, 3.05) is 7.11 Å². The third kappa shape index (κ3) is 2.42. The van der Waals surface area contributed by atoms with E-state index < -0.39 is 34.1 Å². The van der Waals surface area contributed by atoms with Gasteiger partial charge in [-0.2, -0.15) is 13.2 Å². The maximum atomic E-state index is 12.6. The van der Waals surface area contributed by atoms with Gasteiger partial charge in [0, 0.05) is 10.7 Å². The van der Waals surface area contributed by atoms with Crippen LogP contribution in [0.5, 0.6) is 5.88 Å². The minimum atomic E-state index is -4.95. The average Bonchev–Trinajstić information content (AvgIpc) is 2.15. The van der Waals surface area contributed by atoms with Crippen LogP contribution in [0.2, 0.25) is 0 Å². The predicted octanol–water partition coefficient (Wildman–Crippen LogP) is 3.81. The van der Waals surface area contributed by atoms with E-state index in [1.807, 2.05) is 0 Å². The summed E-state index contributed by atoms with van der Waals surface area (Å²) in [7, 11) is 0.931. The first-order valence-electron chi connectivity index (χ1n) is 3.86. The molecule has 0 aliphatic heterocycles. The molecule has 0 aromatic carbocycles. The molecular formula is C8H5BrF5NO. The quantitative estimate of drug-likeness (QED) is 0.775. The highest BCUT2D eigenvalue weighted by Crippen LogP contribution is 2.43. The summed E-state index contributed by atoms with van der Waals surface area (Å²) in [5, 5.41) is 0. The molecule has 1 aromatic rings. The Bertz CT molecular complexity index is 393. The van der Waals surface area contributed by atoms with Crippen LogP contribution in [0, 0.1) is 0 Å². The maximum absolute atomic E-state index is 12.6. The molecule has 0 saturated carbocycles. The van der Waals surface area contributed by atoms with Crippen molar-refractivity contribution in [1.29, 1.82) is 0 Å². The van der Waals surface area contributed by atoms with E-state index in [4.69, 9.17) is 0 Å². The fourth-order valence-corrected chi connectivity index (χ4v) is 1.60. The van der Waals surface area contributed by atoms with E-state index in [1.54, 1.807) is 0 Å². The fourth-order valence-electron chi connectivity index (χ4n) is 1.13. The van der Waals surface area contributed by atoms with Gasteiger partial charge in [-0.05, 0) is 15.9 Å². The highest BCUT2D eigenvalue weighted by Gasteiger charge is 2.41. The highest BCUT2D eigenvalue weighted by atomic mass is 79.9. The first kappa shape index (κ1) is 13.1. The van der Waals surface area contributed by atoms with Crippen molar-refractivity contribution < 1.29 is 26.7 Å². The van der Waals surface area contributed by atoms with Gasteiger partial charge in [0.25, 0.3) is 6.43 Å². The molecule has 90 valence electrons. The third-order valence-corrected chi connectivity index (χ3v) is 2.36. The molecule has 0 bridgehead atoms. The topological polar surface area (TPSA) is 22.1 Å². The minimum Gasteiger partial charge on any atom is -0.481 e. The van der Waals surface area contributed by atoms with Gasteiger partial charge in [0.15, 0.2) is 0 Å². The van der Waals surface area contributed by atoms with Crippen LogP contribution in [0.1, 0.15) is 17.6 Å². The zero-order valence-electron chi connectivity index (χ0n) is 7.78. The van der Waals surface area contributed by atoms with E-state index in [0.29, 0.717) is 0 Å². The molecule has 0 aliphatic rings. The normalized spacial score (nSPS) is 12.0. The third-order valence-electron chi connectivity index (χ3n) is 1.73. The van der Waals surface area contributed by atoms with Crippen LogP contribution < -0.4 is 4.74 Å². The molecule has 0 saturated heterocycles. The van der Waals surface area contributed by atoms with Gasteiger partial charge >= 0.3 is 6.18 Å². The number of alkyl halides is 5. The summed E-state index contributed by atoms with van der Waals surface area (Å²) in [4.78, 5) is 3.28. The lowest BCUT2D eigenvalue weighted by molar-refractivity contribution is -0.141. The lowest BCUT2D eigenvalue weighted by atomic mass is 10.1. The number of methoxy groups -OCH3 is 1. The van der Waals surface area contributed by atoms with Crippen LogP contribution in [0.25, 0.3) is 0 Å². The zero-order chi connectivity index (χ0) is 12.5. The zero-order valence-corrected chi connectivity index (χ0v) is 9.36. The molecule has 2 nitrogen and oxygen atoms in total. The molecule has 1 rings (SSSR count). The SMILES string of the molecule is COc1ncc(Br)c(C(F)F)c1C(F)(F)F. The van der Waals surface area contributed by atoms with E-state index in [-0.39, 0.29) is 0 Å². The van der Waals surface area contributed by atoms with E-state index in [9.17, 15) is 22.0 Å². The largest absolute Gasteiger partial charge is 0.481 e. The number of hydrogen-bond donors (Lipinski definition) is 0. The summed E-state index contributed by atoms with van der Waals surface area (Å²) >= 11 is 2.61. The van der Waals surface area contributed by atoms with Crippen LogP contribution in [-0.2, 0) is 6.18 Å². The van der Waals surface area contributed by atoms with Gasteiger partial charge in [-0.15, -0.1) is 0 Å². The molecule has 0 unspecified atom stereocenters. The molecule has 0 fully saturated rings.